The maximum Gasteiger partial charge on any atom is 0.336 e. The lowest BCUT2D eigenvalue weighted by atomic mass is 9.80. The lowest BCUT2D eigenvalue weighted by molar-refractivity contribution is -0.140. The molecular formula is C42H41N5O4. The van der Waals surface area contributed by atoms with Crippen LogP contribution in [0.5, 0.6) is 0 Å². The number of carbonyl (C=O) groups excluding carboxylic acids is 2. The highest BCUT2D eigenvalue weighted by molar-refractivity contribution is 6.03. The third kappa shape index (κ3) is 7.92. The number of aryl methyl sites for hydroxylation is 1. The summed E-state index contributed by atoms with van der Waals surface area (Å²) in [5.41, 5.74) is 7.47. The van der Waals surface area contributed by atoms with Crippen LogP contribution in [0.3, 0.4) is 0 Å². The topological polar surface area (TPSA) is 108 Å². The normalized spacial score (nSPS) is 14.3. The van der Waals surface area contributed by atoms with Gasteiger partial charge in [0.1, 0.15) is 17.9 Å². The highest BCUT2D eigenvalue weighted by Crippen LogP contribution is 2.38. The van der Waals surface area contributed by atoms with Gasteiger partial charge in [0, 0.05) is 53.8 Å². The maximum absolute atomic E-state index is 13.9. The molecular weight excluding hydrogens is 638 g/mol. The fourth-order valence-corrected chi connectivity index (χ4v) is 6.38. The van der Waals surface area contributed by atoms with Crippen molar-refractivity contribution in [3.05, 3.63) is 137 Å². The number of nitrogens with one attached hydrogen (secondary N) is 1. The summed E-state index contributed by atoms with van der Waals surface area (Å²) >= 11 is 0. The molecule has 1 N–H and O–H groups in total. The standard InChI is InChI=1S/C42H41N5O4/c1-5-50-42(49)38-34(21-16-30-12-7-6-8-13-30)37(41(48)51-25-10-9-14-31-15-11-23-43-26-31)29(4)45-39(38)32-17-19-33(20-18-32)47-36-22-24-44-27-35(36)46-40(47)28(2)3/h6-8,11-13,15,17-20,22-24,26-28,34,45H,5,10,16,21,25H2,1-4H3. The first-order chi connectivity index (χ1) is 24.9. The van der Waals surface area contributed by atoms with Crippen LogP contribution in [0.4, 0.5) is 0 Å². The molecule has 0 bridgehead atoms. The minimum atomic E-state index is -0.577. The van der Waals surface area contributed by atoms with Crippen molar-refractivity contribution in [2.45, 2.75) is 52.9 Å². The van der Waals surface area contributed by atoms with Crippen molar-refractivity contribution in [1.82, 2.24) is 24.8 Å². The van der Waals surface area contributed by atoms with Crippen LogP contribution in [0.25, 0.3) is 22.4 Å². The molecule has 0 amide bonds. The van der Waals surface area contributed by atoms with Crippen LogP contribution < -0.4 is 5.32 Å². The van der Waals surface area contributed by atoms with Crippen molar-refractivity contribution in [3.63, 3.8) is 0 Å². The van der Waals surface area contributed by atoms with Crippen LogP contribution in [-0.4, -0.2) is 44.7 Å². The van der Waals surface area contributed by atoms with Gasteiger partial charge in [0.15, 0.2) is 0 Å². The van der Waals surface area contributed by atoms with Gasteiger partial charge in [-0.15, -0.1) is 0 Å². The van der Waals surface area contributed by atoms with Gasteiger partial charge in [0.2, 0.25) is 0 Å². The Morgan fingerprint density at radius 3 is 2.39 bits per heavy atom. The third-order valence-electron chi connectivity index (χ3n) is 8.73. The number of dihydropyridines is 1. The van der Waals surface area contributed by atoms with Gasteiger partial charge in [-0.2, -0.15) is 0 Å². The molecule has 0 spiro atoms. The van der Waals surface area contributed by atoms with Crippen molar-refractivity contribution < 1.29 is 19.1 Å². The molecule has 1 unspecified atom stereocenters. The summed E-state index contributed by atoms with van der Waals surface area (Å²) in [5, 5.41) is 3.41. The van der Waals surface area contributed by atoms with E-state index in [1.807, 2.05) is 79.7 Å². The van der Waals surface area contributed by atoms with E-state index in [1.54, 1.807) is 31.7 Å². The Balaban J connectivity index is 1.35. The summed E-state index contributed by atoms with van der Waals surface area (Å²) in [6.07, 6.45) is 8.42. The number of rotatable bonds is 11. The zero-order valence-corrected chi connectivity index (χ0v) is 29.3. The predicted octanol–water partition coefficient (Wildman–Crippen LogP) is 7.32. The van der Waals surface area contributed by atoms with Crippen molar-refractivity contribution in [2.24, 2.45) is 5.92 Å². The largest absolute Gasteiger partial charge is 0.463 e. The van der Waals surface area contributed by atoms with Crippen molar-refractivity contribution in [2.75, 3.05) is 13.2 Å². The van der Waals surface area contributed by atoms with Gasteiger partial charge in [0.25, 0.3) is 0 Å². The first kappa shape index (κ1) is 34.8. The average molecular weight is 680 g/mol. The molecule has 6 rings (SSSR count). The summed E-state index contributed by atoms with van der Waals surface area (Å²) in [5.74, 6) is 5.66. The van der Waals surface area contributed by atoms with Gasteiger partial charge < -0.3 is 14.8 Å². The predicted molar refractivity (Wildman–Crippen MR) is 197 cm³/mol. The molecule has 0 aliphatic carbocycles. The number of pyridine rings is 2. The molecule has 1 aliphatic rings. The number of allylic oxidation sites excluding steroid dienone is 1. The minimum absolute atomic E-state index is 0.110. The maximum atomic E-state index is 13.9. The van der Waals surface area contributed by atoms with E-state index >= 15 is 0 Å². The summed E-state index contributed by atoms with van der Waals surface area (Å²) in [7, 11) is 0. The number of aromatic nitrogens is 4. The minimum Gasteiger partial charge on any atom is -0.463 e. The summed E-state index contributed by atoms with van der Waals surface area (Å²) < 4.78 is 13.6. The van der Waals surface area contributed by atoms with Gasteiger partial charge in [0.05, 0.1) is 35.2 Å². The van der Waals surface area contributed by atoms with E-state index in [1.165, 1.54) is 0 Å². The SMILES string of the molecule is CCOC(=O)C1=C(c2ccc(-n3c(C(C)C)nc4cnccc43)cc2)NC(C)=C(C(=O)OCCC#Cc2cccnc2)C1CCc1ccccc1. The Morgan fingerprint density at radius 2 is 1.67 bits per heavy atom. The molecule has 4 heterocycles. The van der Waals surface area contributed by atoms with Crippen LogP contribution in [0, 0.1) is 17.8 Å². The number of benzene rings is 2. The monoisotopic (exact) mass is 679 g/mol. The van der Waals surface area contributed by atoms with Gasteiger partial charge in [-0.3, -0.25) is 14.5 Å². The summed E-state index contributed by atoms with van der Waals surface area (Å²) in [4.78, 5) is 40.9. The molecule has 1 atom stereocenters. The molecule has 0 saturated carbocycles. The molecule has 3 aromatic heterocycles. The fourth-order valence-electron chi connectivity index (χ4n) is 6.38. The van der Waals surface area contributed by atoms with Crippen molar-refractivity contribution >= 4 is 28.7 Å². The molecule has 2 aromatic carbocycles. The van der Waals surface area contributed by atoms with Gasteiger partial charge in [-0.05, 0) is 68.1 Å². The second kappa shape index (κ2) is 16.1. The van der Waals surface area contributed by atoms with E-state index < -0.39 is 17.9 Å². The average Bonchev–Trinajstić information content (AvgIpc) is 3.55. The Morgan fingerprint density at radius 1 is 0.902 bits per heavy atom. The van der Waals surface area contributed by atoms with Crippen LogP contribution in [-0.2, 0) is 25.5 Å². The molecule has 9 heteroatoms. The number of hydrogen-bond donors (Lipinski definition) is 1. The van der Waals surface area contributed by atoms with E-state index in [9.17, 15) is 9.59 Å². The number of hydrogen-bond acceptors (Lipinski definition) is 8. The summed E-state index contributed by atoms with van der Waals surface area (Å²) in [6, 6.07) is 23.7. The molecule has 0 saturated heterocycles. The lowest BCUT2D eigenvalue weighted by Gasteiger charge is -2.31. The van der Waals surface area contributed by atoms with Gasteiger partial charge >= 0.3 is 11.9 Å². The fraction of sp³-hybridized carbons (Fsp3) is 0.262. The molecule has 0 fully saturated rings. The molecule has 9 nitrogen and oxygen atoms in total. The second-order valence-corrected chi connectivity index (χ2v) is 12.6. The third-order valence-corrected chi connectivity index (χ3v) is 8.73. The van der Waals surface area contributed by atoms with Gasteiger partial charge in [-0.25, -0.2) is 14.6 Å². The van der Waals surface area contributed by atoms with Gasteiger partial charge in [-0.1, -0.05) is 68.2 Å². The molecule has 258 valence electrons. The number of nitrogens with zero attached hydrogens (tertiary/aromatic N) is 4. The van der Waals surface area contributed by atoms with E-state index in [-0.39, 0.29) is 19.1 Å². The molecule has 0 radical (unpaired) electrons. The Kier molecular flexibility index (Phi) is 11.0. The smallest absolute Gasteiger partial charge is 0.336 e. The van der Waals surface area contributed by atoms with E-state index in [2.05, 4.69) is 45.5 Å². The zero-order chi connectivity index (χ0) is 35.7. The number of imidazole rings is 1. The highest BCUT2D eigenvalue weighted by Gasteiger charge is 2.38. The second-order valence-electron chi connectivity index (χ2n) is 12.6. The first-order valence-electron chi connectivity index (χ1n) is 17.3. The van der Waals surface area contributed by atoms with E-state index in [4.69, 9.17) is 14.5 Å². The van der Waals surface area contributed by atoms with Crippen molar-refractivity contribution in [3.8, 4) is 17.5 Å². The molecule has 51 heavy (non-hydrogen) atoms. The molecule has 1 aliphatic heterocycles. The zero-order valence-electron chi connectivity index (χ0n) is 29.3. The lowest BCUT2D eigenvalue weighted by Crippen LogP contribution is -2.34. The summed E-state index contributed by atoms with van der Waals surface area (Å²) in [6.45, 7) is 8.17. The molecule has 5 aromatic rings. The number of esters is 2. The van der Waals surface area contributed by atoms with E-state index in [0.29, 0.717) is 41.8 Å². The Labute approximate surface area is 298 Å². The van der Waals surface area contributed by atoms with Crippen molar-refractivity contribution in [1.29, 1.82) is 0 Å². The Hall–Kier alpha value is -6.01. The highest BCUT2D eigenvalue weighted by atomic mass is 16.5. The van der Waals surface area contributed by atoms with Crippen LogP contribution >= 0.6 is 0 Å². The van der Waals surface area contributed by atoms with Crippen LogP contribution in [0.2, 0.25) is 0 Å². The first-order valence-corrected chi connectivity index (χ1v) is 17.3. The Bertz CT molecular complexity index is 2140. The number of carbonyl (C=O) groups is 2. The number of ether oxygens (including phenoxy) is 2. The number of fused-ring (bicyclic) bond motifs is 1. The van der Waals surface area contributed by atoms with E-state index in [0.717, 1.165) is 39.2 Å². The quantitative estimate of drug-likeness (QED) is 0.0879. The van der Waals surface area contributed by atoms with Crippen LogP contribution in [0.15, 0.2) is 114 Å². The van der Waals surface area contributed by atoms with Crippen LogP contribution in [0.1, 0.15) is 69.0 Å².